The summed E-state index contributed by atoms with van der Waals surface area (Å²) < 4.78 is 42.8. The van der Waals surface area contributed by atoms with Gasteiger partial charge in [0.2, 0.25) is 0 Å². The summed E-state index contributed by atoms with van der Waals surface area (Å²) in [6, 6.07) is 11.0. The Balaban J connectivity index is 2.26. The van der Waals surface area contributed by atoms with E-state index in [0.717, 1.165) is 29.7 Å². The molecule has 0 spiro atoms. The van der Waals surface area contributed by atoms with E-state index in [1.165, 1.54) is 6.07 Å². The van der Waals surface area contributed by atoms with Gasteiger partial charge in [0.1, 0.15) is 0 Å². The molecule has 2 rings (SSSR count). The first-order valence-electron chi connectivity index (χ1n) is 6.47. The zero-order valence-corrected chi connectivity index (χ0v) is 11.6. The number of nitrogens with two attached hydrogens (primary N) is 1. The van der Waals surface area contributed by atoms with Gasteiger partial charge in [-0.2, -0.15) is 13.2 Å². The van der Waals surface area contributed by atoms with E-state index >= 15 is 0 Å². The molecule has 2 aromatic carbocycles. The van der Waals surface area contributed by atoms with Gasteiger partial charge in [0.25, 0.3) is 0 Å². The van der Waals surface area contributed by atoms with Crippen LogP contribution in [0.4, 0.5) is 18.9 Å². The first kappa shape index (κ1) is 15.4. The lowest BCUT2D eigenvalue weighted by molar-refractivity contribution is -0.137. The minimum absolute atomic E-state index is 0.120. The van der Waals surface area contributed by atoms with Crippen LogP contribution in [0.15, 0.2) is 42.5 Å². The summed E-state index contributed by atoms with van der Waals surface area (Å²) in [5.41, 5.74) is 7.63. The van der Waals surface area contributed by atoms with Crippen molar-refractivity contribution in [3.05, 3.63) is 53.6 Å². The van der Waals surface area contributed by atoms with Crippen molar-refractivity contribution < 1.29 is 17.9 Å². The van der Waals surface area contributed by atoms with Gasteiger partial charge in [-0.05, 0) is 29.7 Å². The van der Waals surface area contributed by atoms with E-state index < -0.39 is 11.7 Å². The molecule has 2 nitrogen and oxygen atoms in total. The highest BCUT2D eigenvalue weighted by Gasteiger charge is 2.30. The molecule has 2 aromatic rings. The molecule has 0 radical (unpaired) electrons. The van der Waals surface area contributed by atoms with Crippen LogP contribution in [-0.4, -0.2) is 13.7 Å². The largest absolute Gasteiger partial charge is 0.416 e. The summed E-state index contributed by atoms with van der Waals surface area (Å²) >= 11 is 0. The summed E-state index contributed by atoms with van der Waals surface area (Å²) in [6.45, 7) is 0.627. The fourth-order valence-corrected chi connectivity index (χ4v) is 2.07. The molecule has 112 valence electrons. The number of halogens is 3. The number of methoxy groups -OCH3 is 1. The average Bonchev–Trinajstić information content (AvgIpc) is 2.45. The minimum Gasteiger partial charge on any atom is -0.398 e. The quantitative estimate of drug-likeness (QED) is 0.860. The first-order valence-corrected chi connectivity index (χ1v) is 6.47. The highest BCUT2D eigenvalue weighted by Crippen LogP contribution is 2.34. The van der Waals surface area contributed by atoms with Crippen molar-refractivity contribution in [1.82, 2.24) is 0 Å². The SMILES string of the molecule is COCCc1ccc(-c2ccc(C(F)(F)F)cc2N)cc1. The van der Waals surface area contributed by atoms with Crippen molar-refractivity contribution in [2.24, 2.45) is 0 Å². The van der Waals surface area contributed by atoms with Gasteiger partial charge in [-0.15, -0.1) is 0 Å². The third-order valence-corrected chi connectivity index (χ3v) is 3.24. The van der Waals surface area contributed by atoms with Crippen LogP contribution in [0.3, 0.4) is 0 Å². The van der Waals surface area contributed by atoms with E-state index in [1.54, 1.807) is 7.11 Å². The second-order valence-corrected chi connectivity index (χ2v) is 4.74. The van der Waals surface area contributed by atoms with Gasteiger partial charge >= 0.3 is 6.18 Å². The zero-order valence-electron chi connectivity index (χ0n) is 11.6. The fraction of sp³-hybridized carbons (Fsp3) is 0.250. The lowest BCUT2D eigenvalue weighted by Crippen LogP contribution is -2.06. The zero-order chi connectivity index (χ0) is 15.5. The summed E-state index contributed by atoms with van der Waals surface area (Å²) in [5, 5.41) is 0. The van der Waals surface area contributed by atoms with Crippen LogP contribution >= 0.6 is 0 Å². The number of hydrogen-bond donors (Lipinski definition) is 1. The number of ether oxygens (including phenoxy) is 1. The molecule has 0 saturated carbocycles. The number of hydrogen-bond acceptors (Lipinski definition) is 2. The van der Waals surface area contributed by atoms with Crippen LogP contribution in [0.2, 0.25) is 0 Å². The molecule has 0 aliphatic rings. The normalized spacial score (nSPS) is 11.6. The molecule has 0 aliphatic carbocycles. The second kappa shape index (κ2) is 6.18. The van der Waals surface area contributed by atoms with Crippen molar-refractivity contribution in [3.8, 4) is 11.1 Å². The molecule has 0 fully saturated rings. The molecule has 0 unspecified atom stereocenters. The Morgan fingerprint density at radius 2 is 1.71 bits per heavy atom. The summed E-state index contributed by atoms with van der Waals surface area (Å²) in [4.78, 5) is 0. The molecule has 2 N–H and O–H groups in total. The highest BCUT2D eigenvalue weighted by molar-refractivity contribution is 5.77. The summed E-state index contributed by atoms with van der Waals surface area (Å²) in [5.74, 6) is 0. The van der Waals surface area contributed by atoms with Gasteiger partial charge in [-0.3, -0.25) is 0 Å². The van der Waals surface area contributed by atoms with Crippen LogP contribution in [0.25, 0.3) is 11.1 Å². The highest BCUT2D eigenvalue weighted by atomic mass is 19.4. The molecule has 0 amide bonds. The number of benzene rings is 2. The molecule has 21 heavy (non-hydrogen) atoms. The monoisotopic (exact) mass is 295 g/mol. The minimum atomic E-state index is -4.38. The third-order valence-electron chi connectivity index (χ3n) is 3.24. The van der Waals surface area contributed by atoms with E-state index in [4.69, 9.17) is 10.5 Å². The fourth-order valence-electron chi connectivity index (χ4n) is 2.07. The Morgan fingerprint density at radius 1 is 1.05 bits per heavy atom. The first-order chi connectivity index (χ1) is 9.91. The molecular formula is C16H16F3NO. The predicted octanol–water partition coefficient (Wildman–Crippen LogP) is 4.14. The number of nitrogen functional groups attached to an aromatic ring is 1. The van der Waals surface area contributed by atoms with Crippen molar-refractivity contribution in [2.45, 2.75) is 12.6 Å². The molecular weight excluding hydrogens is 279 g/mol. The van der Waals surface area contributed by atoms with E-state index in [9.17, 15) is 13.2 Å². The van der Waals surface area contributed by atoms with E-state index in [0.29, 0.717) is 12.2 Å². The van der Waals surface area contributed by atoms with Gasteiger partial charge in [0, 0.05) is 18.4 Å². The molecule has 0 aromatic heterocycles. The lowest BCUT2D eigenvalue weighted by Gasteiger charge is -2.11. The van der Waals surface area contributed by atoms with Gasteiger partial charge in [0.05, 0.1) is 12.2 Å². The van der Waals surface area contributed by atoms with Crippen molar-refractivity contribution in [2.75, 3.05) is 19.5 Å². The van der Waals surface area contributed by atoms with Gasteiger partial charge in [-0.25, -0.2) is 0 Å². The Morgan fingerprint density at radius 3 is 2.24 bits per heavy atom. The summed E-state index contributed by atoms with van der Waals surface area (Å²) in [7, 11) is 1.64. The maximum atomic E-state index is 12.6. The average molecular weight is 295 g/mol. The maximum Gasteiger partial charge on any atom is 0.416 e. The molecule has 0 bridgehead atoms. The molecule has 0 heterocycles. The van der Waals surface area contributed by atoms with Crippen LogP contribution in [0, 0.1) is 0 Å². The van der Waals surface area contributed by atoms with Gasteiger partial charge in [-0.1, -0.05) is 30.3 Å². The number of rotatable bonds is 4. The van der Waals surface area contributed by atoms with E-state index in [2.05, 4.69) is 0 Å². The van der Waals surface area contributed by atoms with Crippen molar-refractivity contribution >= 4 is 5.69 Å². The number of alkyl halides is 3. The van der Waals surface area contributed by atoms with E-state index in [1.807, 2.05) is 24.3 Å². The van der Waals surface area contributed by atoms with Crippen LogP contribution in [-0.2, 0) is 17.3 Å². The van der Waals surface area contributed by atoms with Gasteiger partial charge < -0.3 is 10.5 Å². The maximum absolute atomic E-state index is 12.6. The van der Waals surface area contributed by atoms with Crippen molar-refractivity contribution in [3.63, 3.8) is 0 Å². The molecule has 0 saturated heterocycles. The molecule has 0 atom stereocenters. The second-order valence-electron chi connectivity index (χ2n) is 4.74. The Bertz CT molecular complexity index is 606. The molecule has 0 aliphatic heterocycles. The lowest BCUT2D eigenvalue weighted by atomic mass is 10.00. The standard InChI is InChI=1S/C16H16F3NO/c1-21-9-8-11-2-4-12(5-3-11)14-7-6-13(10-15(14)20)16(17,18)19/h2-7,10H,8-9,20H2,1H3. The van der Waals surface area contributed by atoms with E-state index in [-0.39, 0.29) is 5.69 Å². The topological polar surface area (TPSA) is 35.2 Å². The Kier molecular flexibility index (Phi) is 4.53. The van der Waals surface area contributed by atoms with Crippen LogP contribution < -0.4 is 5.73 Å². The van der Waals surface area contributed by atoms with Crippen molar-refractivity contribution in [1.29, 1.82) is 0 Å². The third kappa shape index (κ3) is 3.76. The number of anilines is 1. The smallest absolute Gasteiger partial charge is 0.398 e. The Labute approximate surface area is 121 Å². The Hall–Kier alpha value is -2.01. The summed E-state index contributed by atoms with van der Waals surface area (Å²) in [6.07, 6.45) is -3.59. The predicted molar refractivity (Wildman–Crippen MR) is 76.9 cm³/mol. The van der Waals surface area contributed by atoms with Crippen LogP contribution in [0.1, 0.15) is 11.1 Å². The van der Waals surface area contributed by atoms with Crippen LogP contribution in [0.5, 0.6) is 0 Å². The molecule has 5 heteroatoms. The van der Waals surface area contributed by atoms with Gasteiger partial charge in [0.15, 0.2) is 0 Å².